The van der Waals surface area contributed by atoms with Crippen molar-refractivity contribution in [1.29, 1.82) is 0 Å². The van der Waals surface area contributed by atoms with Crippen LogP contribution >= 0.6 is 0 Å². The number of methoxy groups -OCH3 is 1. The molecule has 1 aromatic carbocycles. The third kappa shape index (κ3) is 2.68. The molecule has 0 unspecified atom stereocenters. The van der Waals surface area contributed by atoms with Crippen LogP contribution in [0.1, 0.15) is 11.3 Å². The van der Waals surface area contributed by atoms with Gasteiger partial charge in [0.2, 0.25) is 0 Å². The van der Waals surface area contributed by atoms with Gasteiger partial charge in [-0.15, -0.1) is 10.2 Å². The van der Waals surface area contributed by atoms with Gasteiger partial charge in [0.05, 0.1) is 25.1 Å². The van der Waals surface area contributed by atoms with Crippen LogP contribution in [0.5, 0.6) is 5.75 Å². The van der Waals surface area contributed by atoms with Crippen molar-refractivity contribution in [3.8, 4) is 5.75 Å². The molecule has 3 aromatic rings. The molecule has 0 radical (unpaired) electrons. The summed E-state index contributed by atoms with van der Waals surface area (Å²) in [6.07, 6.45) is 1.81. The molecule has 0 saturated heterocycles. The molecule has 112 valence electrons. The molecule has 0 spiro atoms. The summed E-state index contributed by atoms with van der Waals surface area (Å²) in [5.41, 5.74) is 3.05. The minimum atomic E-state index is -0.0281. The lowest BCUT2D eigenvalue weighted by Crippen LogP contribution is -1.89. The molecular formula is C16H16N4O2. The van der Waals surface area contributed by atoms with Crippen LogP contribution in [0.2, 0.25) is 0 Å². The quantitative estimate of drug-likeness (QED) is 0.748. The number of aryl methyl sites for hydroxylation is 1. The zero-order valence-corrected chi connectivity index (χ0v) is 12.4. The Bertz CT molecular complexity index is 839. The Kier molecular flexibility index (Phi) is 3.84. The average molecular weight is 296 g/mol. The Morgan fingerprint density at radius 3 is 2.86 bits per heavy atom. The fourth-order valence-corrected chi connectivity index (χ4v) is 2.19. The van der Waals surface area contributed by atoms with Gasteiger partial charge >= 0.3 is 0 Å². The number of pyridine rings is 1. The summed E-state index contributed by atoms with van der Waals surface area (Å²) in [6, 6.07) is 11.1. The van der Waals surface area contributed by atoms with Gasteiger partial charge in [0, 0.05) is 12.3 Å². The van der Waals surface area contributed by atoms with E-state index in [1.807, 2.05) is 47.9 Å². The number of azo groups is 1. The smallest absolute Gasteiger partial charge is 0.182 e. The second-order valence-electron chi connectivity index (χ2n) is 4.85. The van der Waals surface area contributed by atoms with E-state index in [2.05, 4.69) is 15.2 Å². The highest BCUT2D eigenvalue weighted by Crippen LogP contribution is 2.25. The first-order valence-electron chi connectivity index (χ1n) is 6.85. The molecule has 1 N–H and O–H groups in total. The summed E-state index contributed by atoms with van der Waals surface area (Å²) < 4.78 is 6.99. The molecule has 0 atom stereocenters. The maximum absolute atomic E-state index is 9.26. The molecular weight excluding hydrogens is 280 g/mol. The van der Waals surface area contributed by atoms with Gasteiger partial charge in [0.15, 0.2) is 5.82 Å². The van der Waals surface area contributed by atoms with Gasteiger partial charge in [-0.2, -0.15) is 0 Å². The van der Waals surface area contributed by atoms with E-state index in [0.717, 1.165) is 22.7 Å². The van der Waals surface area contributed by atoms with Gasteiger partial charge < -0.3 is 9.84 Å². The highest BCUT2D eigenvalue weighted by molar-refractivity contribution is 5.53. The number of ether oxygens (including phenoxy) is 1. The number of rotatable bonds is 4. The Balaban J connectivity index is 2.02. The number of benzene rings is 1. The van der Waals surface area contributed by atoms with E-state index < -0.39 is 0 Å². The highest BCUT2D eigenvalue weighted by atomic mass is 16.5. The average Bonchev–Trinajstić information content (AvgIpc) is 2.87. The number of hydrogen-bond acceptors (Lipinski definition) is 5. The van der Waals surface area contributed by atoms with Crippen LogP contribution in [0, 0.1) is 6.92 Å². The highest BCUT2D eigenvalue weighted by Gasteiger charge is 2.08. The first-order valence-corrected chi connectivity index (χ1v) is 6.85. The normalized spacial score (nSPS) is 11.4. The van der Waals surface area contributed by atoms with Crippen molar-refractivity contribution in [3.05, 3.63) is 53.9 Å². The number of aromatic nitrogens is 2. The molecule has 0 amide bonds. The molecule has 0 bridgehead atoms. The SMILES string of the molecule is COc1cccc(N=Nc2c(C)nc3ccc(CO)cn23)c1. The molecule has 0 aliphatic rings. The van der Waals surface area contributed by atoms with Crippen LogP contribution < -0.4 is 4.74 Å². The predicted molar refractivity (Wildman–Crippen MR) is 83.0 cm³/mol. The molecule has 0 aliphatic carbocycles. The van der Waals surface area contributed by atoms with Crippen LogP contribution in [0.4, 0.5) is 11.5 Å². The van der Waals surface area contributed by atoms with E-state index in [4.69, 9.17) is 4.74 Å². The van der Waals surface area contributed by atoms with Gasteiger partial charge in [-0.3, -0.25) is 4.40 Å². The first kappa shape index (κ1) is 14.2. The van der Waals surface area contributed by atoms with Crippen molar-refractivity contribution < 1.29 is 9.84 Å². The Hall–Kier alpha value is -2.73. The lowest BCUT2D eigenvalue weighted by molar-refractivity contribution is 0.281. The van der Waals surface area contributed by atoms with Gasteiger partial charge in [0.1, 0.15) is 11.4 Å². The Morgan fingerprint density at radius 2 is 2.09 bits per heavy atom. The van der Waals surface area contributed by atoms with Crippen LogP contribution in [-0.4, -0.2) is 21.6 Å². The van der Waals surface area contributed by atoms with Gasteiger partial charge in [-0.25, -0.2) is 4.98 Å². The van der Waals surface area contributed by atoms with Crippen molar-refractivity contribution in [3.63, 3.8) is 0 Å². The van der Waals surface area contributed by atoms with E-state index in [1.165, 1.54) is 0 Å². The van der Waals surface area contributed by atoms with Crippen molar-refractivity contribution in [2.24, 2.45) is 10.2 Å². The van der Waals surface area contributed by atoms with E-state index >= 15 is 0 Å². The monoisotopic (exact) mass is 296 g/mol. The van der Waals surface area contributed by atoms with Crippen molar-refractivity contribution >= 4 is 17.2 Å². The maximum Gasteiger partial charge on any atom is 0.182 e. The maximum atomic E-state index is 9.26. The summed E-state index contributed by atoms with van der Waals surface area (Å²) in [6.45, 7) is 1.85. The number of fused-ring (bicyclic) bond motifs is 1. The molecule has 0 fully saturated rings. The van der Waals surface area contributed by atoms with Crippen molar-refractivity contribution in [1.82, 2.24) is 9.38 Å². The topological polar surface area (TPSA) is 71.5 Å². The van der Waals surface area contributed by atoms with Gasteiger partial charge in [-0.05, 0) is 30.7 Å². The minimum absolute atomic E-state index is 0.0281. The van der Waals surface area contributed by atoms with Crippen LogP contribution in [0.15, 0.2) is 52.8 Å². The van der Waals surface area contributed by atoms with Crippen LogP contribution in [0.3, 0.4) is 0 Å². The summed E-state index contributed by atoms with van der Waals surface area (Å²) in [7, 11) is 1.61. The number of aliphatic hydroxyl groups is 1. The number of hydrogen-bond donors (Lipinski definition) is 1. The molecule has 6 nitrogen and oxygen atoms in total. The number of nitrogens with zero attached hydrogens (tertiary/aromatic N) is 4. The molecule has 0 aliphatic heterocycles. The third-order valence-corrected chi connectivity index (χ3v) is 3.32. The largest absolute Gasteiger partial charge is 0.497 e. The van der Waals surface area contributed by atoms with Crippen molar-refractivity contribution in [2.75, 3.05) is 7.11 Å². The number of imidazole rings is 1. The standard InChI is InChI=1S/C16H16N4O2/c1-11-16(19-18-13-4-3-5-14(8-13)22-2)20-9-12(10-21)6-7-15(20)17-11/h3-9,21H,10H2,1-2H3. The summed E-state index contributed by atoms with van der Waals surface area (Å²) in [4.78, 5) is 4.44. The zero-order valence-electron chi connectivity index (χ0n) is 12.4. The molecule has 3 rings (SSSR count). The summed E-state index contributed by atoms with van der Waals surface area (Å²) in [5, 5.41) is 17.8. The second-order valence-corrected chi connectivity index (χ2v) is 4.85. The fraction of sp³-hybridized carbons (Fsp3) is 0.188. The second kappa shape index (κ2) is 5.95. The summed E-state index contributed by atoms with van der Waals surface area (Å²) in [5.74, 6) is 1.38. The van der Waals surface area contributed by atoms with E-state index in [-0.39, 0.29) is 6.61 Å². The van der Waals surface area contributed by atoms with Gasteiger partial charge in [-0.1, -0.05) is 12.1 Å². The van der Waals surface area contributed by atoms with Crippen LogP contribution in [0.25, 0.3) is 5.65 Å². The lowest BCUT2D eigenvalue weighted by atomic mass is 10.3. The molecule has 2 aromatic heterocycles. The molecule has 2 heterocycles. The van der Waals surface area contributed by atoms with Crippen LogP contribution in [-0.2, 0) is 6.61 Å². The summed E-state index contributed by atoms with van der Waals surface area (Å²) >= 11 is 0. The van der Waals surface area contributed by atoms with Crippen molar-refractivity contribution in [2.45, 2.75) is 13.5 Å². The first-order chi connectivity index (χ1) is 10.7. The van der Waals surface area contributed by atoms with Gasteiger partial charge in [0.25, 0.3) is 0 Å². The Morgan fingerprint density at radius 1 is 1.23 bits per heavy atom. The predicted octanol–water partition coefficient (Wildman–Crippen LogP) is 3.56. The van der Waals surface area contributed by atoms with E-state index in [1.54, 1.807) is 13.2 Å². The third-order valence-electron chi connectivity index (χ3n) is 3.32. The van der Waals surface area contributed by atoms with E-state index in [9.17, 15) is 5.11 Å². The Labute approximate surface area is 127 Å². The lowest BCUT2D eigenvalue weighted by Gasteiger charge is -2.01. The molecule has 22 heavy (non-hydrogen) atoms. The number of aliphatic hydroxyl groups excluding tert-OH is 1. The fourth-order valence-electron chi connectivity index (χ4n) is 2.19. The molecule has 0 saturated carbocycles. The molecule has 6 heteroatoms. The zero-order chi connectivity index (χ0) is 15.5. The minimum Gasteiger partial charge on any atom is -0.497 e. The van der Waals surface area contributed by atoms with E-state index in [0.29, 0.717) is 11.5 Å².